The summed E-state index contributed by atoms with van der Waals surface area (Å²) in [6, 6.07) is 0. The van der Waals surface area contributed by atoms with Crippen LogP contribution in [0, 0.1) is 5.41 Å². The van der Waals surface area contributed by atoms with Crippen LogP contribution in [0.1, 0.15) is 12.8 Å². The van der Waals surface area contributed by atoms with Gasteiger partial charge in [0.25, 0.3) is 0 Å². The van der Waals surface area contributed by atoms with Crippen LogP contribution in [0.25, 0.3) is 0 Å². The SMILES string of the molecule is COCC1(N)CC2(CNC2)C1. The molecule has 1 aliphatic carbocycles. The van der Waals surface area contributed by atoms with Crippen LogP contribution < -0.4 is 11.1 Å². The molecule has 1 saturated heterocycles. The molecule has 0 aromatic carbocycles. The Morgan fingerprint density at radius 3 is 2.45 bits per heavy atom. The van der Waals surface area contributed by atoms with E-state index in [1.807, 2.05) is 0 Å². The molecule has 2 fully saturated rings. The van der Waals surface area contributed by atoms with Gasteiger partial charge in [0.15, 0.2) is 0 Å². The van der Waals surface area contributed by atoms with Gasteiger partial charge in [-0.05, 0) is 18.3 Å². The second-order valence-electron chi connectivity index (χ2n) is 4.25. The fourth-order valence-electron chi connectivity index (χ4n) is 2.56. The average molecular weight is 156 g/mol. The highest BCUT2D eigenvalue weighted by Gasteiger charge is 2.55. The fraction of sp³-hybridized carbons (Fsp3) is 1.00. The fourth-order valence-corrected chi connectivity index (χ4v) is 2.56. The molecule has 2 aliphatic rings. The van der Waals surface area contributed by atoms with E-state index in [1.165, 1.54) is 0 Å². The summed E-state index contributed by atoms with van der Waals surface area (Å²) in [5.41, 5.74) is 6.61. The summed E-state index contributed by atoms with van der Waals surface area (Å²) in [6.07, 6.45) is 2.28. The van der Waals surface area contributed by atoms with Gasteiger partial charge < -0.3 is 15.8 Å². The van der Waals surface area contributed by atoms with Gasteiger partial charge in [-0.15, -0.1) is 0 Å². The molecule has 1 aliphatic heterocycles. The first kappa shape index (κ1) is 7.53. The van der Waals surface area contributed by atoms with E-state index < -0.39 is 0 Å². The summed E-state index contributed by atoms with van der Waals surface area (Å²) in [7, 11) is 1.72. The van der Waals surface area contributed by atoms with Gasteiger partial charge in [-0.1, -0.05) is 0 Å². The molecule has 2 rings (SSSR count). The largest absolute Gasteiger partial charge is 0.383 e. The minimum absolute atomic E-state index is 0.00313. The Kier molecular flexibility index (Phi) is 1.50. The number of hydrogen-bond acceptors (Lipinski definition) is 3. The second kappa shape index (κ2) is 2.19. The molecule has 0 aromatic rings. The Morgan fingerprint density at radius 2 is 2.09 bits per heavy atom. The van der Waals surface area contributed by atoms with E-state index in [0.717, 1.165) is 32.5 Å². The summed E-state index contributed by atoms with van der Waals surface area (Å²) in [6.45, 7) is 3.04. The molecule has 0 atom stereocenters. The Balaban J connectivity index is 1.85. The molecule has 1 spiro atoms. The zero-order chi connectivity index (χ0) is 7.95. The summed E-state index contributed by atoms with van der Waals surface area (Å²) in [5, 5.41) is 3.29. The standard InChI is InChI=1S/C8H16N2O/c1-11-6-8(9)2-7(3-8)4-10-5-7/h10H,2-6,9H2,1H3. The monoisotopic (exact) mass is 156 g/mol. The van der Waals surface area contributed by atoms with E-state index in [4.69, 9.17) is 10.5 Å². The van der Waals surface area contributed by atoms with E-state index in [1.54, 1.807) is 7.11 Å². The van der Waals surface area contributed by atoms with Crippen molar-refractivity contribution in [1.82, 2.24) is 5.32 Å². The Bertz CT molecular complexity index is 157. The predicted molar refractivity (Wildman–Crippen MR) is 43.3 cm³/mol. The molecular formula is C8H16N2O. The molecule has 11 heavy (non-hydrogen) atoms. The average Bonchev–Trinajstić information content (AvgIpc) is 1.78. The number of hydrogen-bond donors (Lipinski definition) is 2. The highest BCUT2D eigenvalue weighted by atomic mass is 16.5. The molecule has 0 amide bonds. The van der Waals surface area contributed by atoms with Crippen LogP contribution in [0.5, 0.6) is 0 Å². The van der Waals surface area contributed by atoms with E-state index in [9.17, 15) is 0 Å². The number of rotatable bonds is 2. The van der Waals surface area contributed by atoms with Crippen LogP contribution in [0.15, 0.2) is 0 Å². The Morgan fingerprint density at radius 1 is 1.45 bits per heavy atom. The quantitative estimate of drug-likeness (QED) is 0.578. The van der Waals surface area contributed by atoms with Crippen molar-refractivity contribution in [3.63, 3.8) is 0 Å². The molecule has 3 N–H and O–H groups in total. The molecule has 0 radical (unpaired) electrons. The third-order valence-electron chi connectivity index (χ3n) is 2.89. The van der Waals surface area contributed by atoms with Crippen molar-refractivity contribution < 1.29 is 4.74 Å². The lowest BCUT2D eigenvalue weighted by atomic mass is 9.55. The topological polar surface area (TPSA) is 47.3 Å². The highest BCUT2D eigenvalue weighted by molar-refractivity contribution is 5.12. The summed E-state index contributed by atoms with van der Waals surface area (Å²) >= 11 is 0. The summed E-state index contributed by atoms with van der Waals surface area (Å²) in [4.78, 5) is 0. The molecule has 0 bridgehead atoms. The van der Waals surface area contributed by atoms with E-state index >= 15 is 0 Å². The van der Waals surface area contributed by atoms with Crippen LogP contribution in [0.4, 0.5) is 0 Å². The highest BCUT2D eigenvalue weighted by Crippen LogP contribution is 2.49. The number of nitrogens with one attached hydrogen (secondary N) is 1. The van der Waals surface area contributed by atoms with Gasteiger partial charge in [0, 0.05) is 25.7 Å². The first-order valence-electron chi connectivity index (χ1n) is 4.17. The zero-order valence-electron chi connectivity index (χ0n) is 7.02. The van der Waals surface area contributed by atoms with Crippen molar-refractivity contribution in [3.8, 4) is 0 Å². The van der Waals surface area contributed by atoms with Crippen LogP contribution in [-0.4, -0.2) is 32.3 Å². The lowest BCUT2D eigenvalue weighted by Gasteiger charge is -2.59. The lowest BCUT2D eigenvalue weighted by Crippen LogP contribution is -2.71. The molecule has 3 heteroatoms. The van der Waals surface area contributed by atoms with Gasteiger partial charge in [0.1, 0.15) is 0 Å². The van der Waals surface area contributed by atoms with Crippen LogP contribution >= 0.6 is 0 Å². The van der Waals surface area contributed by atoms with Crippen molar-refractivity contribution in [2.75, 3.05) is 26.8 Å². The van der Waals surface area contributed by atoms with Crippen molar-refractivity contribution in [3.05, 3.63) is 0 Å². The maximum Gasteiger partial charge on any atom is 0.0642 e. The smallest absolute Gasteiger partial charge is 0.0642 e. The zero-order valence-corrected chi connectivity index (χ0v) is 7.02. The Labute approximate surface area is 67.3 Å². The van der Waals surface area contributed by atoms with Crippen LogP contribution in [-0.2, 0) is 4.74 Å². The van der Waals surface area contributed by atoms with Gasteiger partial charge >= 0.3 is 0 Å². The normalized spacial score (nSPS) is 31.1. The first-order chi connectivity index (χ1) is 5.18. The number of ether oxygens (including phenoxy) is 1. The maximum absolute atomic E-state index is 6.05. The second-order valence-corrected chi connectivity index (χ2v) is 4.25. The summed E-state index contributed by atoms with van der Waals surface area (Å²) in [5.74, 6) is 0. The van der Waals surface area contributed by atoms with Gasteiger partial charge in [0.05, 0.1) is 6.61 Å². The van der Waals surface area contributed by atoms with Gasteiger partial charge in [-0.3, -0.25) is 0 Å². The van der Waals surface area contributed by atoms with E-state index in [0.29, 0.717) is 5.41 Å². The third-order valence-corrected chi connectivity index (χ3v) is 2.89. The molecule has 1 heterocycles. The first-order valence-corrected chi connectivity index (χ1v) is 4.17. The van der Waals surface area contributed by atoms with Gasteiger partial charge in [-0.25, -0.2) is 0 Å². The maximum atomic E-state index is 6.05. The molecule has 3 nitrogen and oxygen atoms in total. The predicted octanol–water partition coefficient (Wildman–Crippen LogP) is -0.286. The minimum atomic E-state index is -0.00313. The van der Waals surface area contributed by atoms with Crippen LogP contribution in [0.2, 0.25) is 0 Å². The molecule has 0 aromatic heterocycles. The van der Waals surface area contributed by atoms with Gasteiger partial charge in [-0.2, -0.15) is 0 Å². The van der Waals surface area contributed by atoms with Gasteiger partial charge in [0.2, 0.25) is 0 Å². The van der Waals surface area contributed by atoms with Crippen molar-refractivity contribution in [2.45, 2.75) is 18.4 Å². The van der Waals surface area contributed by atoms with Crippen molar-refractivity contribution in [2.24, 2.45) is 11.1 Å². The van der Waals surface area contributed by atoms with E-state index in [2.05, 4.69) is 5.32 Å². The number of nitrogens with two attached hydrogens (primary N) is 1. The minimum Gasteiger partial charge on any atom is -0.383 e. The molecular weight excluding hydrogens is 140 g/mol. The molecule has 1 saturated carbocycles. The summed E-state index contributed by atoms with van der Waals surface area (Å²) < 4.78 is 5.07. The lowest BCUT2D eigenvalue weighted by molar-refractivity contribution is -0.0546. The molecule has 0 unspecified atom stereocenters. The van der Waals surface area contributed by atoms with E-state index in [-0.39, 0.29) is 5.54 Å². The molecule has 64 valence electrons. The third kappa shape index (κ3) is 1.08. The Hall–Kier alpha value is -0.120. The van der Waals surface area contributed by atoms with Crippen molar-refractivity contribution in [1.29, 1.82) is 0 Å². The van der Waals surface area contributed by atoms with Crippen LogP contribution in [0.3, 0.4) is 0 Å². The number of methoxy groups -OCH3 is 1. The van der Waals surface area contributed by atoms with Crippen molar-refractivity contribution >= 4 is 0 Å².